The van der Waals surface area contributed by atoms with Crippen molar-refractivity contribution in [1.29, 1.82) is 0 Å². The van der Waals surface area contributed by atoms with Gasteiger partial charge in [-0.3, -0.25) is 0 Å². The zero-order valence-corrected chi connectivity index (χ0v) is 8.27. The molecule has 1 aliphatic rings. The Morgan fingerprint density at radius 2 is 2.25 bits per heavy atom. The van der Waals surface area contributed by atoms with Gasteiger partial charge in [0.05, 0.1) is 6.10 Å². The molecule has 0 aliphatic heterocycles. The minimum Gasteiger partial charge on any atom is -0.389 e. The highest BCUT2D eigenvalue weighted by atomic mass is 16.3. The summed E-state index contributed by atoms with van der Waals surface area (Å²) in [5.74, 6) is 0. The Bertz CT molecular complexity index is 170. The van der Waals surface area contributed by atoms with Crippen molar-refractivity contribution in [3.63, 3.8) is 0 Å². The fourth-order valence-electron chi connectivity index (χ4n) is 1.93. The number of aliphatic hydroxyl groups is 1. The molecule has 1 nitrogen and oxygen atoms in total. The Kier molecular flexibility index (Phi) is 3.80. The SMILES string of the molecule is CCCCC1=C(C)CCC[C@H]1O. The molecule has 0 radical (unpaired) electrons. The first kappa shape index (κ1) is 9.79. The van der Waals surface area contributed by atoms with Crippen molar-refractivity contribution >= 4 is 0 Å². The van der Waals surface area contributed by atoms with Crippen LogP contribution in [0.1, 0.15) is 52.4 Å². The standard InChI is InChI=1S/C11H20O/c1-3-4-7-10-9(2)6-5-8-11(10)12/h11-12H,3-8H2,1-2H3/t11-/m1/s1. The van der Waals surface area contributed by atoms with Crippen LogP contribution in [0.5, 0.6) is 0 Å². The predicted octanol–water partition coefficient (Wildman–Crippen LogP) is 3.04. The summed E-state index contributed by atoms with van der Waals surface area (Å²) in [6, 6.07) is 0. The Balaban J connectivity index is 2.55. The van der Waals surface area contributed by atoms with Gasteiger partial charge in [-0.05, 0) is 44.6 Å². The third kappa shape index (κ3) is 2.34. The van der Waals surface area contributed by atoms with E-state index in [1.807, 2.05) is 0 Å². The quantitative estimate of drug-likeness (QED) is 0.642. The van der Waals surface area contributed by atoms with Crippen LogP contribution in [0.2, 0.25) is 0 Å². The van der Waals surface area contributed by atoms with Gasteiger partial charge in [-0.1, -0.05) is 18.9 Å². The van der Waals surface area contributed by atoms with Crippen molar-refractivity contribution in [1.82, 2.24) is 0 Å². The lowest BCUT2D eigenvalue weighted by molar-refractivity contribution is 0.184. The number of hydrogen-bond acceptors (Lipinski definition) is 1. The van der Waals surface area contributed by atoms with Crippen molar-refractivity contribution in [3.05, 3.63) is 11.1 Å². The van der Waals surface area contributed by atoms with Gasteiger partial charge in [0.15, 0.2) is 0 Å². The van der Waals surface area contributed by atoms with Crippen LogP contribution in [0.4, 0.5) is 0 Å². The minimum atomic E-state index is -0.120. The predicted molar refractivity (Wildman–Crippen MR) is 52.1 cm³/mol. The number of unbranched alkanes of at least 4 members (excludes halogenated alkanes) is 1. The summed E-state index contributed by atoms with van der Waals surface area (Å²) in [5, 5.41) is 9.71. The molecule has 70 valence electrons. The van der Waals surface area contributed by atoms with Crippen LogP contribution in [0.15, 0.2) is 11.1 Å². The number of hydrogen-bond donors (Lipinski definition) is 1. The van der Waals surface area contributed by atoms with E-state index in [4.69, 9.17) is 0 Å². The first-order chi connectivity index (χ1) is 5.75. The molecule has 0 bridgehead atoms. The zero-order chi connectivity index (χ0) is 8.97. The van der Waals surface area contributed by atoms with Gasteiger partial charge in [0.25, 0.3) is 0 Å². The van der Waals surface area contributed by atoms with E-state index in [1.54, 1.807) is 0 Å². The van der Waals surface area contributed by atoms with Crippen molar-refractivity contribution in [3.8, 4) is 0 Å². The Morgan fingerprint density at radius 1 is 1.50 bits per heavy atom. The molecule has 0 unspecified atom stereocenters. The monoisotopic (exact) mass is 168 g/mol. The first-order valence-corrected chi connectivity index (χ1v) is 5.12. The molecule has 0 fully saturated rings. The highest BCUT2D eigenvalue weighted by Gasteiger charge is 2.17. The average Bonchev–Trinajstić information content (AvgIpc) is 2.04. The number of rotatable bonds is 3. The van der Waals surface area contributed by atoms with Gasteiger partial charge in [0, 0.05) is 0 Å². The molecule has 1 atom stereocenters. The first-order valence-electron chi connectivity index (χ1n) is 5.12. The summed E-state index contributed by atoms with van der Waals surface area (Å²) >= 11 is 0. The van der Waals surface area contributed by atoms with Crippen molar-refractivity contribution in [2.24, 2.45) is 0 Å². The summed E-state index contributed by atoms with van der Waals surface area (Å²) in [4.78, 5) is 0. The Morgan fingerprint density at radius 3 is 2.83 bits per heavy atom. The molecule has 12 heavy (non-hydrogen) atoms. The second kappa shape index (κ2) is 4.66. The normalized spacial score (nSPS) is 24.8. The summed E-state index contributed by atoms with van der Waals surface area (Å²) < 4.78 is 0. The summed E-state index contributed by atoms with van der Waals surface area (Å²) in [5.41, 5.74) is 2.78. The molecule has 0 aromatic heterocycles. The van der Waals surface area contributed by atoms with E-state index in [9.17, 15) is 5.11 Å². The van der Waals surface area contributed by atoms with E-state index < -0.39 is 0 Å². The van der Waals surface area contributed by atoms with Crippen LogP contribution >= 0.6 is 0 Å². The average molecular weight is 168 g/mol. The molecule has 0 saturated heterocycles. The lowest BCUT2D eigenvalue weighted by Crippen LogP contribution is -2.16. The lowest BCUT2D eigenvalue weighted by atomic mass is 9.87. The summed E-state index contributed by atoms with van der Waals surface area (Å²) in [6.07, 6.45) is 6.80. The molecular formula is C11H20O. The third-order valence-corrected chi connectivity index (χ3v) is 2.78. The second-order valence-electron chi connectivity index (χ2n) is 3.82. The molecule has 0 heterocycles. The van der Waals surface area contributed by atoms with E-state index in [0.29, 0.717) is 0 Å². The highest BCUT2D eigenvalue weighted by molar-refractivity contribution is 5.19. The molecule has 0 aromatic rings. The summed E-state index contributed by atoms with van der Waals surface area (Å²) in [7, 11) is 0. The molecular weight excluding hydrogens is 148 g/mol. The van der Waals surface area contributed by atoms with Gasteiger partial charge in [-0.2, -0.15) is 0 Å². The van der Waals surface area contributed by atoms with E-state index >= 15 is 0 Å². The van der Waals surface area contributed by atoms with Crippen molar-refractivity contribution < 1.29 is 5.11 Å². The topological polar surface area (TPSA) is 20.2 Å². The maximum atomic E-state index is 9.71. The molecule has 1 N–H and O–H groups in total. The Hall–Kier alpha value is -0.300. The second-order valence-corrected chi connectivity index (χ2v) is 3.82. The fraction of sp³-hybridized carbons (Fsp3) is 0.818. The van der Waals surface area contributed by atoms with Gasteiger partial charge in [0.1, 0.15) is 0 Å². The van der Waals surface area contributed by atoms with E-state index in [1.165, 1.54) is 36.8 Å². The van der Waals surface area contributed by atoms with E-state index in [2.05, 4.69) is 13.8 Å². The number of allylic oxidation sites excluding steroid dienone is 1. The molecule has 0 amide bonds. The molecule has 1 aliphatic carbocycles. The van der Waals surface area contributed by atoms with Gasteiger partial charge in [-0.25, -0.2) is 0 Å². The van der Waals surface area contributed by atoms with Crippen molar-refractivity contribution in [2.75, 3.05) is 0 Å². The van der Waals surface area contributed by atoms with E-state index in [-0.39, 0.29) is 6.10 Å². The third-order valence-electron chi connectivity index (χ3n) is 2.78. The fourth-order valence-corrected chi connectivity index (χ4v) is 1.93. The van der Waals surface area contributed by atoms with Gasteiger partial charge in [0.2, 0.25) is 0 Å². The van der Waals surface area contributed by atoms with Gasteiger partial charge >= 0.3 is 0 Å². The van der Waals surface area contributed by atoms with E-state index in [0.717, 1.165) is 12.8 Å². The molecule has 1 heteroatoms. The van der Waals surface area contributed by atoms with Crippen LogP contribution in [0.3, 0.4) is 0 Å². The molecule has 0 saturated carbocycles. The van der Waals surface area contributed by atoms with Gasteiger partial charge in [-0.15, -0.1) is 0 Å². The zero-order valence-electron chi connectivity index (χ0n) is 8.27. The maximum Gasteiger partial charge on any atom is 0.0752 e. The van der Waals surface area contributed by atoms with Crippen molar-refractivity contribution in [2.45, 2.75) is 58.5 Å². The van der Waals surface area contributed by atoms with Gasteiger partial charge < -0.3 is 5.11 Å². The smallest absolute Gasteiger partial charge is 0.0752 e. The molecule has 0 spiro atoms. The van der Waals surface area contributed by atoms with Crippen LogP contribution < -0.4 is 0 Å². The Labute approximate surface area is 75.5 Å². The van der Waals surface area contributed by atoms with Crippen LogP contribution in [-0.2, 0) is 0 Å². The van der Waals surface area contributed by atoms with Crippen LogP contribution in [0.25, 0.3) is 0 Å². The number of aliphatic hydroxyl groups excluding tert-OH is 1. The molecule has 0 aromatic carbocycles. The van der Waals surface area contributed by atoms with Crippen LogP contribution in [0, 0.1) is 0 Å². The maximum absolute atomic E-state index is 9.71. The van der Waals surface area contributed by atoms with Crippen LogP contribution in [-0.4, -0.2) is 11.2 Å². The lowest BCUT2D eigenvalue weighted by Gasteiger charge is -2.23. The summed E-state index contributed by atoms with van der Waals surface area (Å²) in [6.45, 7) is 4.37. The highest BCUT2D eigenvalue weighted by Crippen LogP contribution is 2.28. The molecule has 1 rings (SSSR count). The largest absolute Gasteiger partial charge is 0.389 e. The minimum absolute atomic E-state index is 0.120.